The number of hydrogen-bond donors (Lipinski definition) is 1. The van der Waals surface area contributed by atoms with Crippen LogP contribution in [0, 0.1) is 10.1 Å². The summed E-state index contributed by atoms with van der Waals surface area (Å²) >= 11 is 1.32. The molecule has 0 saturated heterocycles. The highest BCUT2D eigenvalue weighted by atomic mass is 32.2. The molecule has 0 fully saturated rings. The van der Waals surface area contributed by atoms with E-state index in [4.69, 9.17) is 0 Å². The van der Waals surface area contributed by atoms with Gasteiger partial charge in [0.15, 0.2) is 4.90 Å². The van der Waals surface area contributed by atoms with Crippen molar-refractivity contribution >= 4 is 17.4 Å². The van der Waals surface area contributed by atoms with Gasteiger partial charge in [-0.15, -0.1) is 11.8 Å². The van der Waals surface area contributed by atoms with E-state index in [1.165, 1.54) is 30.2 Å². The predicted octanol–water partition coefficient (Wildman–Crippen LogP) is 2.41. The highest BCUT2D eigenvalue weighted by Gasteiger charge is 2.19. The van der Waals surface area contributed by atoms with Crippen LogP contribution < -0.4 is 4.73 Å². The molecule has 1 aromatic carbocycles. The van der Waals surface area contributed by atoms with Crippen LogP contribution in [0.3, 0.4) is 0 Å². The van der Waals surface area contributed by atoms with Crippen LogP contribution in [0.25, 0.3) is 0 Å². The van der Waals surface area contributed by atoms with Crippen molar-refractivity contribution < 1.29 is 14.9 Å². The molecule has 2 aromatic rings. The minimum atomic E-state index is -0.451. The SMILES string of the molecule is O=[N+]([O-])c1cc[n+](O)cc1SCc1ccccc1. The van der Waals surface area contributed by atoms with Crippen molar-refractivity contribution in [3.63, 3.8) is 0 Å². The van der Waals surface area contributed by atoms with Gasteiger partial charge in [0.1, 0.15) is 0 Å². The van der Waals surface area contributed by atoms with Gasteiger partial charge in [-0.1, -0.05) is 30.3 Å². The summed E-state index contributed by atoms with van der Waals surface area (Å²) in [6, 6.07) is 10.9. The van der Waals surface area contributed by atoms with Crippen molar-refractivity contribution in [3.05, 3.63) is 64.5 Å². The molecule has 1 aromatic heterocycles. The zero-order valence-electron chi connectivity index (χ0n) is 9.39. The van der Waals surface area contributed by atoms with Gasteiger partial charge in [-0.2, -0.15) is 0 Å². The molecule has 2 rings (SSSR count). The molecule has 0 bridgehead atoms. The maximum atomic E-state index is 10.8. The Morgan fingerprint density at radius 1 is 1.28 bits per heavy atom. The van der Waals surface area contributed by atoms with Gasteiger partial charge >= 0.3 is 0 Å². The van der Waals surface area contributed by atoms with Gasteiger partial charge in [-0.05, 0) is 5.56 Å². The molecule has 0 aliphatic heterocycles. The molecule has 92 valence electrons. The molecule has 0 saturated carbocycles. The van der Waals surface area contributed by atoms with Crippen LogP contribution in [-0.4, -0.2) is 10.1 Å². The molecule has 0 aliphatic carbocycles. The van der Waals surface area contributed by atoms with Gasteiger partial charge in [0, 0.05) is 10.5 Å². The molecular weight excluding hydrogens is 252 g/mol. The number of benzene rings is 1. The number of aromatic nitrogens is 1. The van der Waals surface area contributed by atoms with Crippen LogP contribution in [-0.2, 0) is 5.75 Å². The van der Waals surface area contributed by atoms with E-state index in [2.05, 4.69) is 0 Å². The van der Waals surface area contributed by atoms with E-state index in [-0.39, 0.29) is 5.69 Å². The zero-order valence-corrected chi connectivity index (χ0v) is 10.2. The second kappa shape index (κ2) is 5.50. The smallest absolute Gasteiger partial charge is 0.285 e. The Balaban J connectivity index is 2.18. The average Bonchev–Trinajstić information content (AvgIpc) is 2.37. The summed E-state index contributed by atoms with van der Waals surface area (Å²) in [5.41, 5.74) is 1.08. The molecule has 0 atom stereocenters. The van der Waals surface area contributed by atoms with Crippen molar-refractivity contribution in [1.82, 2.24) is 0 Å². The number of nitro groups is 1. The van der Waals surface area contributed by atoms with E-state index in [0.29, 0.717) is 10.6 Å². The van der Waals surface area contributed by atoms with Crippen molar-refractivity contribution in [2.45, 2.75) is 10.6 Å². The number of hydrogen-bond acceptors (Lipinski definition) is 4. The number of pyridine rings is 1. The van der Waals surface area contributed by atoms with E-state index in [1.54, 1.807) is 0 Å². The molecule has 0 aliphatic rings. The van der Waals surface area contributed by atoms with Crippen LogP contribution in [0.15, 0.2) is 53.7 Å². The largest absolute Gasteiger partial charge is 0.295 e. The lowest BCUT2D eigenvalue weighted by Gasteiger charge is -2.00. The van der Waals surface area contributed by atoms with E-state index in [0.717, 1.165) is 10.3 Å². The van der Waals surface area contributed by atoms with Gasteiger partial charge in [0.25, 0.3) is 5.69 Å². The molecule has 1 N–H and O–H groups in total. The molecule has 18 heavy (non-hydrogen) atoms. The summed E-state index contributed by atoms with van der Waals surface area (Å²) in [5.74, 6) is 0.617. The first-order valence-electron chi connectivity index (χ1n) is 5.22. The number of thioether (sulfide) groups is 1. The van der Waals surface area contributed by atoms with Crippen molar-refractivity contribution in [3.8, 4) is 0 Å². The third kappa shape index (κ3) is 2.98. The van der Waals surface area contributed by atoms with Gasteiger partial charge < -0.3 is 0 Å². The summed E-state index contributed by atoms with van der Waals surface area (Å²) in [7, 11) is 0. The zero-order chi connectivity index (χ0) is 13.0. The summed E-state index contributed by atoms with van der Waals surface area (Å²) in [6.45, 7) is 0. The minimum absolute atomic E-state index is 0.00114. The van der Waals surface area contributed by atoms with Crippen LogP contribution in [0.4, 0.5) is 5.69 Å². The maximum absolute atomic E-state index is 10.8. The Morgan fingerprint density at radius 3 is 2.67 bits per heavy atom. The number of rotatable bonds is 4. The van der Waals surface area contributed by atoms with Crippen molar-refractivity contribution in [1.29, 1.82) is 0 Å². The maximum Gasteiger partial charge on any atom is 0.295 e. The quantitative estimate of drug-likeness (QED) is 0.302. The van der Waals surface area contributed by atoms with Gasteiger partial charge in [0.2, 0.25) is 12.4 Å². The minimum Gasteiger partial charge on any atom is -0.285 e. The highest BCUT2D eigenvalue weighted by Crippen LogP contribution is 2.29. The Labute approximate surface area is 108 Å². The second-order valence-corrected chi connectivity index (χ2v) is 4.62. The molecule has 6 heteroatoms. The summed E-state index contributed by atoms with van der Waals surface area (Å²) in [6.07, 6.45) is 2.58. The van der Waals surface area contributed by atoms with E-state index >= 15 is 0 Å². The fourth-order valence-electron chi connectivity index (χ4n) is 1.46. The normalized spacial score (nSPS) is 10.2. The van der Waals surface area contributed by atoms with Gasteiger partial charge in [0.05, 0.1) is 11.0 Å². The fourth-order valence-corrected chi connectivity index (χ4v) is 2.44. The summed E-state index contributed by atoms with van der Waals surface area (Å²) in [4.78, 5) is 10.8. The monoisotopic (exact) mass is 263 g/mol. The first-order valence-corrected chi connectivity index (χ1v) is 6.21. The van der Waals surface area contributed by atoms with Gasteiger partial charge in [-0.25, -0.2) is 0 Å². The van der Waals surface area contributed by atoms with Gasteiger partial charge in [-0.3, -0.25) is 15.3 Å². The fraction of sp³-hybridized carbons (Fsp3) is 0.0833. The van der Waals surface area contributed by atoms with E-state index in [1.807, 2.05) is 30.3 Å². The van der Waals surface area contributed by atoms with Crippen LogP contribution in [0.5, 0.6) is 0 Å². The first kappa shape index (κ1) is 12.4. The Kier molecular flexibility index (Phi) is 3.78. The molecule has 5 nitrogen and oxygen atoms in total. The third-order valence-electron chi connectivity index (χ3n) is 2.32. The lowest BCUT2D eigenvalue weighted by atomic mass is 10.2. The average molecular weight is 263 g/mol. The van der Waals surface area contributed by atoms with E-state index in [9.17, 15) is 15.3 Å². The molecule has 1 heterocycles. The lowest BCUT2D eigenvalue weighted by molar-refractivity contribution is -0.906. The first-order chi connectivity index (χ1) is 8.66. The summed E-state index contributed by atoms with van der Waals surface area (Å²) in [5, 5.41) is 20.1. The molecule has 0 amide bonds. The Hall–Kier alpha value is -2.08. The van der Waals surface area contributed by atoms with E-state index < -0.39 is 4.92 Å². The summed E-state index contributed by atoms with van der Waals surface area (Å²) < 4.78 is 0.820. The van der Waals surface area contributed by atoms with Crippen LogP contribution >= 0.6 is 11.8 Å². The molecular formula is C12H11N2O3S+. The standard InChI is InChI=1S/C12H11N2O3S/c15-13-7-6-11(14(16)17)12(8-13)18-9-10-4-2-1-3-5-10/h1-8,15H,9H2/q+1. The molecule has 0 unspecified atom stereocenters. The topological polar surface area (TPSA) is 67.2 Å². The van der Waals surface area contributed by atoms with Crippen molar-refractivity contribution in [2.75, 3.05) is 0 Å². The molecule has 0 radical (unpaired) electrons. The third-order valence-corrected chi connectivity index (χ3v) is 3.42. The van der Waals surface area contributed by atoms with Crippen molar-refractivity contribution in [2.24, 2.45) is 0 Å². The molecule has 0 spiro atoms. The second-order valence-electron chi connectivity index (χ2n) is 3.61. The number of nitrogens with zero attached hydrogens (tertiary/aromatic N) is 2. The highest BCUT2D eigenvalue weighted by molar-refractivity contribution is 7.98. The lowest BCUT2D eigenvalue weighted by Crippen LogP contribution is -2.28. The van der Waals surface area contributed by atoms with Crippen LogP contribution in [0.2, 0.25) is 0 Å². The van der Waals surface area contributed by atoms with Crippen LogP contribution in [0.1, 0.15) is 5.56 Å². The predicted molar refractivity (Wildman–Crippen MR) is 66.5 cm³/mol. The Bertz CT molecular complexity index is 561. The Morgan fingerprint density at radius 2 is 2.00 bits per heavy atom.